The Balaban J connectivity index is 1.67. The molecule has 0 saturated carbocycles. The molecule has 2 aliphatic rings. The molecule has 0 fully saturated rings. The van der Waals surface area contributed by atoms with Crippen molar-refractivity contribution in [2.75, 3.05) is 14.2 Å². The topological polar surface area (TPSA) is 73.9 Å². The van der Waals surface area contributed by atoms with Crippen molar-refractivity contribution in [3.63, 3.8) is 0 Å². The largest absolute Gasteiger partial charge is 0.493 e. The molecule has 2 atom stereocenters. The van der Waals surface area contributed by atoms with Crippen molar-refractivity contribution >= 4 is 11.7 Å². The number of ether oxygens (including phenoxy) is 3. The van der Waals surface area contributed by atoms with Gasteiger partial charge in [0, 0.05) is 35.6 Å². The normalized spacial score (nSPS) is 20.7. The van der Waals surface area contributed by atoms with Gasteiger partial charge in [-0.2, -0.15) is 0 Å². The van der Waals surface area contributed by atoms with Crippen LogP contribution in [0.2, 0.25) is 0 Å². The smallest absolute Gasteiger partial charge is 0.225 e. The lowest BCUT2D eigenvalue weighted by atomic mass is 9.73. The van der Waals surface area contributed by atoms with Crippen LogP contribution in [0, 0.1) is 0 Å². The Morgan fingerprint density at radius 1 is 0.938 bits per heavy atom. The molecule has 2 aromatic carbocycles. The van der Waals surface area contributed by atoms with E-state index in [4.69, 9.17) is 14.2 Å². The summed E-state index contributed by atoms with van der Waals surface area (Å²) in [6.07, 6.45) is 1.33. The molecule has 0 aromatic heterocycles. The summed E-state index contributed by atoms with van der Waals surface area (Å²) in [7, 11) is 3.15. The fraction of sp³-hybridized carbons (Fsp3) is 0.385. The highest BCUT2D eigenvalue weighted by molar-refractivity contribution is 6.02. The molecule has 1 aliphatic heterocycles. The summed E-state index contributed by atoms with van der Waals surface area (Å²) in [5.41, 5.74) is 3.28. The predicted octanol–water partition coefficient (Wildman–Crippen LogP) is 4.50. The third kappa shape index (κ3) is 4.22. The number of carbonyl (C=O) groups excluding carboxylic acids is 2. The second-order valence-corrected chi connectivity index (χ2v) is 8.54. The van der Waals surface area contributed by atoms with E-state index in [1.54, 1.807) is 14.2 Å². The molecule has 0 unspecified atom stereocenters. The quantitative estimate of drug-likeness (QED) is 0.723. The Morgan fingerprint density at radius 2 is 1.69 bits per heavy atom. The number of hydrogen-bond acceptors (Lipinski definition) is 5. The molecule has 1 amide bonds. The number of amides is 1. The van der Waals surface area contributed by atoms with Gasteiger partial charge >= 0.3 is 0 Å². The van der Waals surface area contributed by atoms with Crippen molar-refractivity contribution < 1.29 is 23.8 Å². The van der Waals surface area contributed by atoms with Crippen LogP contribution in [0.5, 0.6) is 17.2 Å². The number of Topliss-reactive ketones (excluding diaryl/α,β-unsaturated/α-hetero) is 1. The molecule has 4 rings (SSSR count). The number of methoxy groups -OCH3 is 2. The van der Waals surface area contributed by atoms with Crippen LogP contribution in [0.15, 0.2) is 53.7 Å². The zero-order chi connectivity index (χ0) is 22.8. The Bertz CT molecular complexity index is 1050. The highest BCUT2D eigenvalue weighted by atomic mass is 16.5. The van der Waals surface area contributed by atoms with Crippen molar-refractivity contribution in [2.45, 2.75) is 51.0 Å². The number of ketones is 1. The van der Waals surface area contributed by atoms with Gasteiger partial charge in [-0.15, -0.1) is 0 Å². The summed E-state index contributed by atoms with van der Waals surface area (Å²) in [6, 6.07) is 13.5. The van der Waals surface area contributed by atoms with Gasteiger partial charge in [-0.1, -0.05) is 24.3 Å². The number of nitrogens with one attached hydrogen (secondary N) is 1. The zero-order valence-electron chi connectivity index (χ0n) is 18.9. The second kappa shape index (κ2) is 9.07. The molecule has 2 aromatic rings. The van der Waals surface area contributed by atoms with Crippen LogP contribution in [0.3, 0.4) is 0 Å². The standard InChI is InChI=1S/C26H29NO5/c1-15(2)32-18-10-8-16(9-11-18)17-12-21-25(22(28)13-17)20(14-24(29)27-21)19-6-5-7-23(30-3)26(19)31-4/h5-11,15,17,20H,12-14H2,1-4H3,(H,27,29)/t17-,20+/m1/s1. The lowest BCUT2D eigenvalue weighted by Crippen LogP contribution is -2.38. The number of rotatable bonds is 6. The maximum Gasteiger partial charge on any atom is 0.225 e. The number of allylic oxidation sites excluding steroid dienone is 2. The molecule has 0 bridgehead atoms. The summed E-state index contributed by atoms with van der Waals surface area (Å²) >= 11 is 0. The first-order valence-electron chi connectivity index (χ1n) is 10.9. The Hall–Kier alpha value is -3.28. The first-order valence-corrected chi connectivity index (χ1v) is 10.9. The third-order valence-corrected chi connectivity index (χ3v) is 6.07. The van der Waals surface area contributed by atoms with Crippen LogP contribution in [0.4, 0.5) is 0 Å². The molecular weight excluding hydrogens is 406 g/mol. The fourth-order valence-corrected chi connectivity index (χ4v) is 4.74. The lowest BCUT2D eigenvalue weighted by Gasteiger charge is -2.35. The average Bonchev–Trinajstić information content (AvgIpc) is 2.77. The minimum Gasteiger partial charge on any atom is -0.493 e. The molecule has 6 nitrogen and oxygen atoms in total. The van der Waals surface area contributed by atoms with E-state index in [0.29, 0.717) is 29.9 Å². The SMILES string of the molecule is COc1cccc([C@@H]2CC(=O)NC3=C2C(=O)C[C@H](c2ccc(OC(C)C)cc2)C3)c1OC. The van der Waals surface area contributed by atoms with E-state index < -0.39 is 0 Å². The van der Waals surface area contributed by atoms with E-state index in [9.17, 15) is 9.59 Å². The van der Waals surface area contributed by atoms with Gasteiger partial charge in [-0.3, -0.25) is 9.59 Å². The third-order valence-electron chi connectivity index (χ3n) is 6.07. The number of hydrogen-bond donors (Lipinski definition) is 1. The van der Waals surface area contributed by atoms with Gasteiger partial charge < -0.3 is 19.5 Å². The number of carbonyl (C=O) groups is 2. The van der Waals surface area contributed by atoms with E-state index in [2.05, 4.69) is 5.32 Å². The average molecular weight is 436 g/mol. The maximum atomic E-state index is 13.4. The summed E-state index contributed by atoms with van der Waals surface area (Å²) in [5.74, 6) is 1.60. The van der Waals surface area contributed by atoms with Crippen LogP contribution in [-0.4, -0.2) is 32.0 Å². The van der Waals surface area contributed by atoms with E-state index in [1.165, 1.54) is 0 Å². The molecule has 1 aliphatic carbocycles. The first-order chi connectivity index (χ1) is 15.4. The van der Waals surface area contributed by atoms with Gasteiger partial charge in [0.15, 0.2) is 17.3 Å². The van der Waals surface area contributed by atoms with Crippen LogP contribution in [-0.2, 0) is 9.59 Å². The minimum absolute atomic E-state index is 0.0144. The summed E-state index contributed by atoms with van der Waals surface area (Å²) < 4.78 is 16.8. The van der Waals surface area contributed by atoms with Crippen molar-refractivity contribution in [2.24, 2.45) is 0 Å². The summed E-state index contributed by atoms with van der Waals surface area (Å²) in [5, 5.41) is 2.97. The van der Waals surface area contributed by atoms with E-state index >= 15 is 0 Å². The van der Waals surface area contributed by atoms with E-state index in [0.717, 1.165) is 22.6 Å². The van der Waals surface area contributed by atoms with Crippen LogP contribution in [0.25, 0.3) is 0 Å². The van der Waals surface area contributed by atoms with Gasteiger partial charge in [-0.25, -0.2) is 0 Å². The van der Waals surface area contributed by atoms with E-state index in [-0.39, 0.29) is 36.1 Å². The van der Waals surface area contributed by atoms with Gasteiger partial charge in [0.2, 0.25) is 5.91 Å². The Kier molecular flexibility index (Phi) is 6.21. The number of para-hydroxylation sites is 1. The molecule has 1 N–H and O–H groups in total. The predicted molar refractivity (Wildman–Crippen MR) is 121 cm³/mol. The number of benzene rings is 2. The molecule has 32 heavy (non-hydrogen) atoms. The summed E-state index contributed by atoms with van der Waals surface area (Å²) in [4.78, 5) is 26.0. The van der Waals surface area contributed by atoms with Crippen LogP contribution < -0.4 is 19.5 Å². The molecular formula is C26H29NO5. The first kappa shape index (κ1) is 21.9. The molecule has 0 spiro atoms. The maximum absolute atomic E-state index is 13.4. The highest BCUT2D eigenvalue weighted by Crippen LogP contribution is 2.46. The van der Waals surface area contributed by atoms with Crippen molar-refractivity contribution in [3.05, 3.63) is 64.9 Å². The van der Waals surface area contributed by atoms with Gasteiger partial charge in [0.25, 0.3) is 0 Å². The zero-order valence-corrected chi connectivity index (χ0v) is 18.9. The van der Waals surface area contributed by atoms with E-state index in [1.807, 2.05) is 56.3 Å². The second-order valence-electron chi connectivity index (χ2n) is 8.54. The van der Waals surface area contributed by atoms with Crippen LogP contribution in [0.1, 0.15) is 56.1 Å². The van der Waals surface area contributed by atoms with Crippen LogP contribution >= 0.6 is 0 Å². The molecule has 168 valence electrons. The molecule has 0 saturated heterocycles. The molecule has 0 radical (unpaired) electrons. The van der Waals surface area contributed by atoms with Crippen molar-refractivity contribution in [3.8, 4) is 17.2 Å². The molecule has 6 heteroatoms. The molecule has 1 heterocycles. The van der Waals surface area contributed by atoms with Gasteiger partial charge in [-0.05, 0) is 49.9 Å². The lowest BCUT2D eigenvalue weighted by molar-refractivity contribution is -0.122. The van der Waals surface area contributed by atoms with Crippen molar-refractivity contribution in [1.29, 1.82) is 0 Å². The van der Waals surface area contributed by atoms with Gasteiger partial charge in [0.1, 0.15) is 5.75 Å². The Labute approximate surface area is 188 Å². The highest BCUT2D eigenvalue weighted by Gasteiger charge is 2.39. The fourth-order valence-electron chi connectivity index (χ4n) is 4.74. The Morgan fingerprint density at radius 3 is 2.34 bits per heavy atom. The monoisotopic (exact) mass is 435 g/mol. The minimum atomic E-state index is -0.348. The van der Waals surface area contributed by atoms with Crippen molar-refractivity contribution in [1.82, 2.24) is 5.32 Å². The van der Waals surface area contributed by atoms with Gasteiger partial charge in [0.05, 0.1) is 20.3 Å². The summed E-state index contributed by atoms with van der Waals surface area (Å²) in [6.45, 7) is 3.97.